The fourth-order valence-corrected chi connectivity index (χ4v) is 2.46. The SMILES string of the molecule is CC=CC(=O)OC[C@H]1O[C@@H](O[C@@H](C#N)c2ccccc2)[C@H](O)[C@@H](O)[C@@H]1O. The standard InChI is InChI=1S/C18H21NO7/c1-2-6-14(20)24-10-13-15(21)16(22)17(23)18(26-13)25-12(9-19)11-7-4-3-5-8-11/h2-8,12-13,15-18,21-23H,10H2,1H3/t12-,13+,15+,16-,17+,18+/m0/s1. The molecule has 0 radical (unpaired) electrons. The van der Waals surface area contributed by atoms with Gasteiger partial charge >= 0.3 is 5.97 Å². The molecular weight excluding hydrogens is 342 g/mol. The van der Waals surface area contributed by atoms with E-state index in [0.29, 0.717) is 5.56 Å². The maximum absolute atomic E-state index is 11.4. The summed E-state index contributed by atoms with van der Waals surface area (Å²) >= 11 is 0. The number of carbonyl (C=O) groups excluding carboxylic acids is 1. The predicted molar refractivity (Wildman–Crippen MR) is 88.3 cm³/mol. The summed E-state index contributed by atoms with van der Waals surface area (Å²) in [7, 11) is 0. The van der Waals surface area contributed by atoms with Gasteiger partial charge in [0.2, 0.25) is 0 Å². The van der Waals surface area contributed by atoms with Gasteiger partial charge in [0.05, 0.1) is 6.07 Å². The van der Waals surface area contributed by atoms with Crippen LogP contribution in [0, 0.1) is 11.3 Å². The lowest BCUT2D eigenvalue weighted by molar-refractivity contribution is -0.308. The van der Waals surface area contributed by atoms with E-state index in [-0.39, 0.29) is 6.61 Å². The first-order valence-corrected chi connectivity index (χ1v) is 8.07. The summed E-state index contributed by atoms with van der Waals surface area (Å²) in [6, 6.07) is 10.5. The van der Waals surface area contributed by atoms with Gasteiger partial charge in [-0.15, -0.1) is 0 Å². The third-order valence-corrected chi connectivity index (χ3v) is 3.85. The number of hydrogen-bond acceptors (Lipinski definition) is 8. The number of aliphatic hydroxyl groups excluding tert-OH is 3. The van der Waals surface area contributed by atoms with E-state index in [0.717, 1.165) is 0 Å². The Labute approximate surface area is 150 Å². The molecule has 1 heterocycles. The van der Waals surface area contributed by atoms with Crippen LogP contribution in [-0.4, -0.2) is 58.6 Å². The molecule has 1 aliphatic heterocycles. The molecule has 0 bridgehead atoms. The Balaban J connectivity index is 2.07. The molecule has 0 aromatic heterocycles. The molecule has 6 atom stereocenters. The van der Waals surface area contributed by atoms with Crippen LogP contribution in [0.1, 0.15) is 18.6 Å². The number of benzene rings is 1. The van der Waals surface area contributed by atoms with Crippen molar-refractivity contribution < 1.29 is 34.3 Å². The van der Waals surface area contributed by atoms with Crippen LogP contribution >= 0.6 is 0 Å². The fourth-order valence-electron chi connectivity index (χ4n) is 2.46. The lowest BCUT2D eigenvalue weighted by Gasteiger charge is -2.40. The summed E-state index contributed by atoms with van der Waals surface area (Å²) in [6.07, 6.45) is -5.53. The molecule has 2 rings (SSSR count). The average molecular weight is 363 g/mol. The molecule has 1 aliphatic rings. The molecule has 1 fully saturated rings. The third kappa shape index (κ3) is 4.88. The van der Waals surface area contributed by atoms with E-state index >= 15 is 0 Å². The van der Waals surface area contributed by atoms with Gasteiger partial charge in [-0.1, -0.05) is 36.4 Å². The van der Waals surface area contributed by atoms with Gasteiger partial charge in [-0.05, 0) is 12.5 Å². The van der Waals surface area contributed by atoms with E-state index in [1.54, 1.807) is 37.3 Å². The number of nitriles is 1. The monoisotopic (exact) mass is 363 g/mol. The molecule has 0 saturated carbocycles. The minimum absolute atomic E-state index is 0.351. The second-order valence-corrected chi connectivity index (χ2v) is 5.70. The second-order valence-electron chi connectivity index (χ2n) is 5.70. The van der Waals surface area contributed by atoms with Crippen molar-refractivity contribution in [1.29, 1.82) is 5.26 Å². The number of carbonyl (C=O) groups is 1. The molecule has 1 aromatic rings. The quantitative estimate of drug-likeness (QED) is 0.483. The Morgan fingerprint density at radius 1 is 1.27 bits per heavy atom. The zero-order chi connectivity index (χ0) is 19.1. The molecule has 140 valence electrons. The van der Waals surface area contributed by atoms with Crippen LogP contribution in [0.25, 0.3) is 0 Å². The summed E-state index contributed by atoms with van der Waals surface area (Å²) in [4.78, 5) is 11.4. The summed E-state index contributed by atoms with van der Waals surface area (Å²) in [5.41, 5.74) is 0.544. The number of nitrogens with zero attached hydrogens (tertiary/aromatic N) is 1. The van der Waals surface area contributed by atoms with Crippen molar-refractivity contribution in [2.45, 2.75) is 43.7 Å². The van der Waals surface area contributed by atoms with Crippen LogP contribution < -0.4 is 0 Å². The Kier molecular flexibility index (Phi) is 7.26. The normalized spacial score (nSPS) is 29.9. The average Bonchev–Trinajstić information content (AvgIpc) is 2.66. The minimum atomic E-state index is -1.59. The van der Waals surface area contributed by atoms with Crippen molar-refractivity contribution in [3.8, 4) is 6.07 Å². The predicted octanol–water partition coefficient (Wildman–Crippen LogP) is 0.195. The zero-order valence-corrected chi connectivity index (χ0v) is 14.1. The first kappa shape index (κ1) is 20.0. The summed E-state index contributed by atoms with van der Waals surface area (Å²) < 4.78 is 15.8. The lowest BCUT2D eigenvalue weighted by Crippen LogP contribution is -2.59. The van der Waals surface area contributed by atoms with E-state index in [1.807, 2.05) is 6.07 Å². The Morgan fingerprint density at radius 3 is 2.58 bits per heavy atom. The van der Waals surface area contributed by atoms with Crippen LogP contribution in [0.3, 0.4) is 0 Å². The maximum atomic E-state index is 11.4. The molecule has 1 aromatic carbocycles. The highest BCUT2D eigenvalue weighted by Crippen LogP contribution is 2.27. The number of esters is 1. The molecular formula is C18H21NO7. The summed E-state index contributed by atoms with van der Waals surface area (Å²) in [6.45, 7) is 1.29. The number of rotatable bonds is 6. The Morgan fingerprint density at radius 2 is 1.96 bits per heavy atom. The summed E-state index contributed by atoms with van der Waals surface area (Å²) in [5.74, 6) is -0.638. The zero-order valence-electron chi connectivity index (χ0n) is 14.1. The van der Waals surface area contributed by atoms with E-state index in [1.165, 1.54) is 12.2 Å². The van der Waals surface area contributed by atoms with E-state index in [4.69, 9.17) is 14.2 Å². The molecule has 1 saturated heterocycles. The molecule has 3 N–H and O–H groups in total. The van der Waals surface area contributed by atoms with E-state index in [9.17, 15) is 25.4 Å². The Bertz CT molecular complexity index is 657. The number of allylic oxidation sites excluding steroid dienone is 1. The second kappa shape index (κ2) is 9.43. The first-order chi connectivity index (χ1) is 12.5. The molecule has 8 heteroatoms. The van der Waals surface area contributed by atoms with Gasteiger partial charge in [-0.3, -0.25) is 0 Å². The van der Waals surface area contributed by atoms with Crippen molar-refractivity contribution in [1.82, 2.24) is 0 Å². The topological polar surface area (TPSA) is 129 Å². The van der Waals surface area contributed by atoms with Gasteiger partial charge < -0.3 is 29.5 Å². The van der Waals surface area contributed by atoms with Crippen LogP contribution in [0.4, 0.5) is 0 Å². The molecule has 0 aliphatic carbocycles. The summed E-state index contributed by atoms with van der Waals surface area (Å²) in [5, 5.41) is 39.4. The maximum Gasteiger partial charge on any atom is 0.330 e. The third-order valence-electron chi connectivity index (χ3n) is 3.85. The van der Waals surface area contributed by atoms with Crippen molar-refractivity contribution in [3.63, 3.8) is 0 Å². The highest BCUT2D eigenvalue weighted by atomic mass is 16.7. The number of ether oxygens (including phenoxy) is 3. The van der Waals surface area contributed by atoms with E-state index in [2.05, 4.69) is 0 Å². The number of hydrogen-bond donors (Lipinski definition) is 3. The van der Waals surface area contributed by atoms with Gasteiger partial charge in [0.25, 0.3) is 0 Å². The van der Waals surface area contributed by atoms with Crippen LogP contribution in [0.5, 0.6) is 0 Å². The molecule has 8 nitrogen and oxygen atoms in total. The van der Waals surface area contributed by atoms with Gasteiger partial charge in [-0.2, -0.15) is 5.26 Å². The van der Waals surface area contributed by atoms with Gasteiger partial charge in [0.15, 0.2) is 12.4 Å². The molecule has 0 spiro atoms. The van der Waals surface area contributed by atoms with Crippen molar-refractivity contribution in [2.75, 3.05) is 6.61 Å². The molecule has 0 amide bonds. The van der Waals surface area contributed by atoms with Crippen molar-refractivity contribution in [2.24, 2.45) is 0 Å². The smallest absolute Gasteiger partial charge is 0.330 e. The van der Waals surface area contributed by atoms with E-state index < -0.39 is 42.8 Å². The molecule has 0 unspecified atom stereocenters. The van der Waals surface area contributed by atoms with Crippen molar-refractivity contribution in [3.05, 3.63) is 48.0 Å². The van der Waals surface area contributed by atoms with Crippen LogP contribution in [-0.2, 0) is 19.0 Å². The van der Waals surface area contributed by atoms with Crippen LogP contribution in [0.2, 0.25) is 0 Å². The van der Waals surface area contributed by atoms with Gasteiger partial charge in [-0.25, -0.2) is 4.79 Å². The number of aliphatic hydroxyl groups is 3. The highest BCUT2D eigenvalue weighted by Gasteiger charge is 2.45. The molecule has 26 heavy (non-hydrogen) atoms. The fraction of sp³-hybridized carbons (Fsp3) is 0.444. The Hall–Kier alpha value is -2.28. The van der Waals surface area contributed by atoms with Gasteiger partial charge in [0.1, 0.15) is 31.0 Å². The largest absolute Gasteiger partial charge is 0.460 e. The minimum Gasteiger partial charge on any atom is -0.460 e. The van der Waals surface area contributed by atoms with Crippen molar-refractivity contribution >= 4 is 5.97 Å². The first-order valence-electron chi connectivity index (χ1n) is 8.07. The highest BCUT2D eigenvalue weighted by molar-refractivity contribution is 5.81. The van der Waals surface area contributed by atoms with Crippen LogP contribution in [0.15, 0.2) is 42.5 Å². The lowest BCUT2D eigenvalue weighted by atomic mass is 9.99. The van der Waals surface area contributed by atoms with Gasteiger partial charge in [0, 0.05) is 6.08 Å².